The van der Waals surface area contributed by atoms with Gasteiger partial charge in [0.2, 0.25) is 5.91 Å². The SMILES string of the molecule is COc1ccccc1Oc1ccc(NC(=O)[C@@H]2[C@@H]3C=C[C@H]([C@H]4C[C@H]34)[C@@H]2C(=O)O)cc1. The molecule has 0 spiro atoms. The highest BCUT2D eigenvalue weighted by molar-refractivity contribution is 5.96. The molecule has 30 heavy (non-hydrogen) atoms. The lowest BCUT2D eigenvalue weighted by atomic mass is 9.62. The van der Waals surface area contributed by atoms with Crippen molar-refractivity contribution in [3.8, 4) is 17.2 Å². The first-order valence-corrected chi connectivity index (χ1v) is 10.2. The molecule has 4 aliphatic carbocycles. The molecule has 0 unspecified atom stereocenters. The quantitative estimate of drug-likeness (QED) is 0.704. The summed E-state index contributed by atoms with van der Waals surface area (Å²) in [6, 6.07) is 14.4. The lowest BCUT2D eigenvalue weighted by Gasteiger charge is -2.41. The van der Waals surface area contributed by atoms with E-state index in [9.17, 15) is 14.7 Å². The molecule has 0 aliphatic heterocycles. The van der Waals surface area contributed by atoms with E-state index in [1.807, 2.05) is 30.3 Å². The Labute approximate surface area is 174 Å². The Kier molecular flexibility index (Phi) is 4.50. The van der Waals surface area contributed by atoms with Crippen LogP contribution in [0.1, 0.15) is 6.42 Å². The zero-order chi connectivity index (χ0) is 20.8. The molecule has 2 bridgehead atoms. The minimum absolute atomic E-state index is 0.0225. The van der Waals surface area contributed by atoms with Crippen LogP contribution < -0.4 is 14.8 Å². The molecule has 0 saturated heterocycles. The molecule has 6 atom stereocenters. The molecule has 2 saturated carbocycles. The fraction of sp³-hybridized carbons (Fsp3) is 0.333. The van der Waals surface area contributed by atoms with Gasteiger partial charge in [-0.2, -0.15) is 0 Å². The van der Waals surface area contributed by atoms with Crippen LogP contribution in [0.25, 0.3) is 0 Å². The van der Waals surface area contributed by atoms with Crippen LogP contribution in [-0.2, 0) is 9.59 Å². The van der Waals surface area contributed by atoms with E-state index in [4.69, 9.17) is 9.47 Å². The maximum absolute atomic E-state index is 13.0. The molecule has 6 rings (SSSR count). The van der Waals surface area contributed by atoms with Crippen molar-refractivity contribution in [1.29, 1.82) is 0 Å². The van der Waals surface area contributed by atoms with Gasteiger partial charge in [0.1, 0.15) is 5.75 Å². The molecule has 6 heteroatoms. The molecule has 0 heterocycles. The van der Waals surface area contributed by atoms with Crippen molar-refractivity contribution in [1.82, 2.24) is 0 Å². The number of aliphatic carboxylic acids is 1. The van der Waals surface area contributed by atoms with Gasteiger partial charge in [-0.15, -0.1) is 0 Å². The zero-order valence-electron chi connectivity index (χ0n) is 16.5. The van der Waals surface area contributed by atoms with Gasteiger partial charge >= 0.3 is 5.97 Å². The van der Waals surface area contributed by atoms with E-state index in [1.54, 1.807) is 31.4 Å². The Bertz CT molecular complexity index is 1010. The van der Waals surface area contributed by atoms with Crippen molar-refractivity contribution in [2.75, 3.05) is 12.4 Å². The highest BCUT2D eigenvalue weighted by Crippen LogP contribution is 2.63. The Morgan fingerprint density at radius 1 is 0.933 bits per heavy atom. The molecule has 0 aromatic heterocycles. The van der Waals surface area contributed by atoms with Gasteiger partial charge < -0.3 is 19.9 Å². The molecule has 2 aromatic carbocycles. The van der Waals surface area contributed by atoms with Crippen molar-refractivity contribution in [2.24, 2.45) is 35.5 Å². The normalized spacial score (nSPS) is 30.3. The summed E-state index contributed by atoms with van der Waals surface area (Å²) in [7, 11) is 1.59. The van der Waals surface area contributed by atoms with Gasteiger partial charge in [0.15, 0.2) is 11.5 Å². The van der Waals surface area contributed by atoms with Gasteiger partial charge in [-0.3, -0.25) is 9.59 Å². The van der Waals surface area contributed by atoms with Crippen LogP contribution in [0.15, 0.2) is 60.7 Å². The van der Waals surface area contributed by atoms with E-state index in [0.29, 0.717) is 34.8 Å². The average molecular weight is 405 g/mol. The minimum Gasteiger partial charge on any atom is -0.493 e. The smallest absolute Gasteiger partial charge is 0.307 e. The number of carbonyl (C=O) groups is 2. The van der Waals surface area contributed by atoms with Crippen LogP contribution in [0, 0.1) is 35.5 Å². The van der Waals surface area contributed by atoms with Crippen molar-refractivity contribution >= 4 is 17.6 Å². The molecule has 2 N–H and O–H groups in total. The fourth-order valence-electron chi connectivity index (χ4n) is 5.23. The molecular formula is C24H23NO5. The summed E-state index contributed by atoms with van der Waals surface area (Å²) in [5, 5.41) is 12.7. The number of ether oxygens (including phenoxy) is 2. The maximum Gasteiger partial charge on any atom is 0.307 e. The number of carboxylic acids is 1. The summed E-state index contributed by atoms with van der Waals surface area (Å²) in [6.07, 6.45) is 5.11. The summed E-state index contributed by atoms with van der Waals surface area (Å²) in [5.41, 5.74) is 0.620. The van der Waals surface area contributed by atoms with Gasteiger partial charge in [0, 0.05) is 5.69 Å². The van der Waals surface area contributed by atoms with Crippen molar-refractivity contribution in [3.63, 3.8) is 0 Å². The molecule has 4 aliphatic rings. The summed E-state index contributed by atoms with van der Waals surface area (Å²) < 4.78 is 11.2. The summed E-state index contributed by atoms with van der Waals surface area (Å²) in [4.78, 5) is 24.9. The monoisotopic (exact) mass is 405 g/mol. The second-order valence-corrected chi connectivity index (χ2v) is 8.26. The van der Waals surface area contributed by atoms with Crippen molar-refractivity contribution in [3.05, 3.63) is 60.7 Å². The third-order valence-corrected chi connectivity index (χ3v) is 6.66. The number of benzene rings is 2. The highest BCUT2D eigenvalue weighted by atomic mass is 16.5. The Hall–Kier alpha value is -3.28. The van der Waals surface area contributed by atoms with Crippen LogP contribution in [0.2, 0.25) is 0 Å². The fourth-order valence-corrected chi connectivity index (χ4v) is 5.23. The number of fused-ring (bicyclic) bond motifs is 1. The zero-order valence-corrected chi connectivity index (χ0v) is 16.5. The number of nitrogens with one attached hydrogen (secondary N) is 1. The number of carbonyl (C=O) groups excluding carboxylic acids is 1. The maximum atomic E-state index is 13.0. The number of allylic oxidation sites excluding steroid dienone is 2. The minimum atomic E-state index is -0.875. The van der Waals surface area contributed by atoms with Crippen molar-refractivity contribution in [2.45, 2.75) is 6.42 Å². The molecular weight excluding hydrogens is 382 g/mol. The summed E-state index contributed by atoms with van der Waals surface area (Å²) in [5.74, 6) is 0.493. The summed E-state index contributed by atoms with van der Waals surface area (Å²) >= 11 is 0. The first-order chi connectivity index (χ1) is 14.6. The van der Waals surface area contributed by atoms with E-state index < -0.39 is 17.8 Å². The second kappa shape index (κ2) is 7.20. The number of carboxylic acid groups (broad SMARTS) is 1. The number of rotatable bonds is 6. The number of hydrogen-bond donors (Lipinski definition) is 2. The number of methoxy groups -OCH3 is 1. The van der Waals surface area contributed by atoms with Gasteiger partial charge in [0.25, 0.3) is 0 Å². The molecule has 154 valence electrons. The standard InChI is InChI=1S/C24H23NO5/c1-29-19-4-2-3-5-20(19)30-14-8-6-13(7-9-14)25-23(26)21-15-10-11-16(18-12-17(15)18)22(21)24(27)28/h2-11,15-18,21-22H,12H2,1H3,(H,25,26)(H,27,28)/t15-,16-,17-,18-,21-,22+/m1/s1. The second-order valence-electron chi connectivity index (χ2n) is 8.26. The van der Waals surface area contributed by atoms with Gasteiger partial charge in [-0.1, -0.05) is 24.3 Å². The van der Waals surface area contributed by atoms with Crippen LogP contribution in [-0.4, -0.2) is 24.1 Å². The van der Waals surface area contributed by atoms with Gasteiger partial charge in [-0.05, 0) is 66.5 Å². The average Bonchev–Trinajstić information content (AvgIpc) is 3.57. The van der Waals surface area contributed by atoms with Gasteiger partial charge in [-0.25, -0.2) is 0 Å². The van der Waals surface area contributed by atoms with E-state index in [1.165, 1.54) is 0 Å². The number of amides is 1. The topological polar surface area (TPSA) is 84.9 Å². The Balaban J connectivity index is 1.30. The third-order valence-electron chi connectivity index (χ3n) is 6.66. The highest BCUT2D eigenvalue weighted by Gasteiger charge is 2.62. The number of anilines is 1. The predicted octanol–water partition coefficient (Wildman–Crippen LogP) is 4.19. The summed E-state index contributed by atoms with van der Waals surface area (Å²) in [6.45, 7) is 0. The molecule has 6 nitrogen and oxygen atoms in total. The Morgan fingerprint density at radius 2 is 1.57 bits per heavy atom. The first-order valence-electron chi connectivity index (χ1n) is 10.2. The molecule has 2 aromatic rings. The van der Waals surface area contributed by atoms with Crippen molar-refractivity contribution < 1.29 is 24.2 Å². The number of para-hydroxylation sites is 2. The third kappa shape index (κ3) is 3.12. The van der Waals surface area contributed by atoms with E-state index in [0.717, 1.165) is 6.42 Å². The largest absolute Gasteiger partial charge is 0.493 e. The van der Waals surface area contributed by atoms with Gasteiger partial charge in [0.05, 0.1) is 18.9 Å². The Morgan fingerprint density at radius 3 is 2.20 bits per heavy atom. The van der Waals surface area contributed by atoms with E-state index >= 15 is 0 Å². The van der Waals surface area contributed by atoms with Crippen LogP contribution >= 0.6 is 0 Å². The molecule has 0 radical (unpaired) electrons. The molecule has 1 amide bonds. The van der Waals surface area contributed by atoms with E-state index in [2.05, 4.69) is 11.4 Å². The number of hydrogen-bond acceptors (Lipinski definition) is 4. The molecule has 2 fully saturated rings. The van der Waals surface area contributed by atoms with Crippen LogP contribution in [0.5, 0.6) is 17.2 Å². The predicted molar refractivity (Wildman–Crippen MR) is 110 cm³/mol. The lowest BCUT2D eigenvalue weighted by Crippen LogP contribution is -2.48. The van der Waals surface area contributed by atoms with Crippen LogP contribution in [0.3, 0.4) is 0 Å². The van der Waals surface area contributed by atoms with Crippen LogP contribution in [0.4, 0.5) is 5.69 Å². The van der Waals surface area contributed by atoms with E-state index in [-0.39, 0.29) is 17.7 Å². The first kappa shape index (κ1) is 18.7. The lowest BCUT2D eigenvalue weighted by molar-refractivity contribution is -0.152.